The molecule has 0 nitrogen and oxygen atoms in total. The predicted molar refractivity (Wildman–Crippen MR) is 109 cm³/mol. The molecule has 0 aromatic heterocycles. The minimum atomic E-state index is -0.159. The smallest absolute Gasteiger partial charge is 0.123 e. The summed E-state index contributed by atoms with van der Waals surface area (Å²) in [6, 6.07) is 13.7. The fourth-order valence-corrected chi connectivity index (χ4v) is 3.98. The fraction of sp³-hybridized carbons (Fsp3) is 0.200. The molecule has 0 N–H and O–H groups in total. The summed E-state index contributed by atoms with van der Waals surface area (Å²) in [5.41, 5.74) is 7.17. The minimum absolute atomic E-state index is 0.159. The van der Waals surface area contributed by atoms with Crippen LogP contribution in [-0.4, -0.2) is 10.7 Å². The first-order valence-corrected chi connectivity index (χ1v) is 10.3. The molecule has 0 amide bonds. The second kappa shape index (κ2) is 7.22. The summed E-state index contributed by atoms with van der Waals surface area (Å²) in [6.45, 7) is 2.15. The normalized spacial score (nSPS) is 15.4. The lowest BCUT2D eigenvalue weighted by molar-refractivity contribution is 0.627. The van der Waals surface area contributed by atoms with Gasteiger partial charge < -0.3 is 0 Å². The van der Waals surface area contributed by atoms with Gasteiger partial charge in [-0.1, -0.05) is 40.8 Å². The first kappa shape index (κ1) is 16.8. The summed E-state index contributed by atoms with van der Waals surface area (Å²) in [4.78, 5) is 1.26. The van der Waals surface area contributed by atoms with E-state index in [2.05, 4.69) is 66.1 Å². The highest BCUT2D eigenvalue weighted by Gasteiger charge is 2.23. The fourth-order valence-electron chi connectivity index (χ4n) is 3.04. The van der Waals surface area contributed by atoms with Crippen molar-refractivity contribution < 1.29 is 4.39 Å². The van der Waals surface area contributed by atoms with E-state index in [0.717, 1.165) is 22.0 Å². The Morgan fingerprint density at radius 3 is 2.48 bits per heavy atom. The van der Waals surface area contributed by atoms with Gasteiger partial charge in [0.25, 0.3) is 0 Å². The molecule has 3 heteroatoms. The van der Waals surface area contributed by atoms with E-state index in [4.69, 9.17) is 0 Å². The van der Waals surface area contributed by atoms with Crippen LogP contribution in [0.3, 0.4) is 0 Å². The Morgan fingerprint density at radius 1 is 1.09 bits per heavy atom. The molecule has 2 aromatic carbocycles. The third-order valence-corrected chi connectivity index (χ3v) is 5.51. The van der Waals surface area contributed by atoms with Crippen molar-refractivity contribution >= 4 is 51.6 Å². The second-order valence-electron chi connectivity index (χ2n) is 5.56. The van der Waals surface area contributed by atoms with Gasteiger partial charge in [-0.3, -0.25) is 0 Å². The van der Waals surface area contributed by atoms with Crippen LogP contribution in [0.1, 0.15) is 30.0 Å². The van der Waals surface area contributed by atoms with Crippen LogP contribution in [0, 0.1) is 5.82 Å². The monoisotopic (exact) mass is 436 g/mol. The van der Waals surface area contributed by atoms with Crippen LogP contribution in [0.15, 0.2) is 52.9 Å². The van der Waals surface area contributed by atoms with E-state index in [1.807, 2.05) is 6.07 Å². The molecule has 1 aliphatic carbocycles. The highest BCUT2D eigenvalue weighted by Crippen LogP contribution is 2.44. The first-order chi connectivity index (χ1) is 11.1. The van der Waals surface area contributed by atoms with Crippen molar-refractivity contribution in [3.05, 3.63) is 70.5 Å². The minimum Gasteiger partial charge on any atom is -0.207 e. The molecule has 2 aromatic rings. The maximum atomic E-state index is 13.7. The Kier molecular flexibility index (Phi) is 5.27. The van der Waals surface area contributed by atoms with Crippen LogP contribution in [0.4, 0.5) is 4.39 Å². The Hall–Kier alpha value is -1.07. The standard InChI is InChI=1S/C20H18FIS/c1-13-17(9-10-22)20-12-15(21)5-8-18(20)19(13)11-14-3-6-16(23-2)7-4-14/h3-8,11-12H,9-10H2,1-2H3/b19-11-. The molecule has 23 heavy (non-hydrogen) atoms. The average molecular weight is 436 g/mol. The van der Waals surface area contributed by atoms with Crippen LogP contribution in [0.2, 0.25) is 0 Å². The SMILES string of the molecule is CSc1ccc(/C=C2/C(C)=C(CCI)c3cc(F)ccc32)cc1. The molecule has 0 aliphatic heterocycles. The number of thioether (sulfide) groups is 1. The van der Waals surface area contributed by atoms with Crippen LogP contribution in [0.5, 0.6) is 0 Å². The van der Waals surface area contributed by atoms with Crippen molar-refractivity contribution in [3.8, 4) is 0 Å². The van der Waals surface area contributed by atoms with Gasteiger partial charge in [0.15, 0.2) is 0 Å². The number of alkyl halides is 1. The maximum Gasteiger partial charge on any atom is 0.123 e. The van der Waals surface area contributed by atoms with Gasteiger partial charge in [0.2, 0.25) is 0 Å². The molecule has 0 spiro atoms. The summed E-state index contributed by atoms with van der Waals surface area (Å²) in [6.07, 6.45) is 5.28. The molecule has 1 aliphatic rings. The number of hydrogen-bond donors (Lipinski definition) is 0. The summed E-state index contributed by atoms with van der Waals surface area (Å²) < 4.78 is 14.7. The molecule has 0 saturated carbocycles. The quantitative estimate of drug-likeness (QED) is 0.292. The van der Waals surface area contributed by atoms with Gasteiger partial charge in [-0.25, -0.2) is 4.39 Å². The van der Waals surface area contributed by atoms with Gasteiger partial charge in [-0.05, 0) is 83.4 Å². The largest absolute Gasteiger partial charge is 0.207 e. The van der Waals surface area contributed by atoms with Crippen LogP contribution >= 0.6 is 34.4 Å². The highest BCUT2D eigenvalue weighted by molar-refractivity contribution is 14.1. The lowest BCUT2D eigenvalue weighted by Gasteiger charge is -2.05. The third-order valence-electron chi connectivity index (χ3n) is 4.22. The number of fused-ring (bicyclic) bond motifs is 1. The summed E-state index contributed by atoms with van der Waals surface area (Å²) in [5, 5.41) is 0. The molecule has 0 unspecified atom stereocenters. The van der Waals surface area contributed by atoms with Crippen LogP contribution in [0.25, 0.3) is 17.2 Å². The summed E-state index contributed by atoms with van der Waals surface area (Å²) in [5.74, 6) is -0.159. The van der Waals surface area contributed by atoms with E-state index in [1.165, 1.54) is 27.2 Å². The molecule has 3 rings (SSSR count). The van der Waals surface area contributed by atoms with Crippen LogP contribution < -0.4 is 0 Å². The number of halogens is 2. The third kappa shape index (κ3) is 3.41. The summed E-state index contributed by atoms with van der Waals surface area (Å²) >= 11 is 4.13. The molecular weight excluding hydrogens is 418 g/mol. The second-order valence-corrected chi connectivity index (χ2v) is 7.52. The van der Waals surface area contributed by atoms with Gasteiger partial charge in [0.05, 0.1) is 0 Å². The lowest BCUT2D eigenvalue weighted by Crippen LogP contribution is -1.87. The van der Waals surface area contributed by atoms with E-state index < -0.39 is 0 Å². The molecule has 0 saturated heterocycles. The van der Waals surface area contributed by atoms with E-state index >= 15 is 0 Å². The molecule has 0 heterocycles. The zero-order valence-corrected chi connectivity index (χ0v) is 16.2. The topological polar surface area (TPSA) is 0 Å². The lowest BCUT2D eigenvalue weighted by atomic mass is 10.0. The Labute approximate surface area is 155 Å². The molecule has 0 radical (unpaired) electrons. The number of allylic oxidation sites excluding steroid dienone is 3. The zero-order chi connectivity index (χ0) is 16.4. The van der Waals surface area contributed by atoms with Gasteiger partial charge in [-0.15, -0.1) is 11.8 Å². The maximum absolute atomic E-state index is 13.7. The van der Waals surface area contributed by atoms with Crippen molar-refractivity contribution in [1.29, 1.82) is 0 Å². The molecule has 0 fully saturated rings. The van der Waals surface area contributed by atoms with Crippen molar-refractivity contribution in [1.82, 2.24) is 0 Å². The van der Waals surface area contributed by atoms with Gasteiger partial charge in [0.1, 0.15) is 5.82 Å². The number of hydrogen-bond acceptors (Lipinski definition) is 1. The Bertz CT molecular complexity index is 788. The van der Waals surface area contributed by atoms with Crippen molar-refractivity contribution in [2.24, 2.45) is 0 Å². The Morgan fingerprint density at radius 2 is 1.83 bits per heavy atom. The van der Waals surface area contributed by atoms with Crippen LogP contribution in [-0.2, 0) is 0 Å². The molecular formula is C20H18FIS. The molecule has 0 atom stereocenters. The number of rotatable bonds is 4. The van der Waals surface area contributed by atoms with Gasteiger partial charge in [0, 0.05) is 9.32 Å². The van der Waals surface area contributed by atoms with Crippen molar-refractivity contribution in [2.45, 2.75) is 18.2 Å². The molecule has 118 valence electrons. The molecule has 0 bridgehead atoms. The Balaban J connectivity index is 2.09. The highest BCUT2D eigenvalue weighted by atomic mass is 127. The van der Waals surface area contributed by atoms with Gasteiger partial charge in [-0.2, -0.15) is 0 Å². The zero-order valence-electron chi connectivity index (χ0n) is 13.2. The van der Waals surface area contributed by atoms with E-state index in [9.17, 15) is 4.39 Å². The van der Waals surface area contributed by atoms with Gasteiger partial charge >= 0.3 is 0 Å². The van der Waals surface area contributed by atoms with E-state index in [0.29, 0.717) is 0 Å². The van der Waals surface area contributed by atoms with Crippen molar-refractivity contribution in [3.63, 3.8) is 0 Å². The average Bonchev–Trinajstić information content (AvgIpc) is 2.81. The number of benzene rings is 2. The van der Waals surface area contributed by atoms with E-state index in [-0.39, 0.29) is 5.82 Å². The van der Waals surface area contributed by atoms with Crippen molar-refractivity contribution in [2.75, 3.05) is 10.7 Å². The van der Waals surface area contributed by atoms with E-state index in [1.54, 1.807) is 23.9 Å². The first-order valence-electron chi connectivity index (χ1n) is 7.56. The summed E-state index contributed by atoms with van der Waals surface area (Å²) in [7, 11) is 0. The predicted octanol–water partition coefficient (Wildman–Crippen LogP) is 6.70.